The number of nitrogens with zero attached hydrogens (tertiary/aromatic N) is 4. The Bertz CT molecular complexity index is 1350. The number of rotatable bonds is 2. The van der Waals surface area contributed by atoms with Crippen molar-refractivity contribution in [2.45, 2.75) is 32.6 Å². The van der Waals surface area contributed by atoms with Crippen molar-refractivity contribution >= 4 is 16.8 Å². The molecule has 1 aromatic carbocycles. The van der Waals surface area contributed by atoms with Crippen molar-refractivity contribution < 1.29 is 9.18 Å². The highest BCUT2D eigenvalue weighted by Gasteiger charge is 2.30. The lowest BCUT2D eigenvalue weighted by atomic mass is 9.79. The first-order valence-corrected chi connectivity index (χ1v) is 9.64. The molecule has 0 radical (unpaired) electrons. The molecule has 3 heterocycles. The fourth-order valence-corrected chi connectivity index (χ4v) is 4.16. The molecule has 1 unspecified atom stereocenters. The van der Waals surface area contributed by atoms with E-state index in [1.54, 1.807) is 12.1 Å². The molecule has 0 aliphatic heterocycles. The second kappa shape index (κ2) is 6.69. The number of aryl methyl sites for hydroxylation is 2. The maximum absolute atomic E-state index is 13.3. The highest BCUT2D eigenvalue weighted by molar-refractivity contribution is 6.02. The Hall–Kier alpha value is -3.68. The second-order valence-electron chi connectivity index (χ2n) is 7.66. The summed E-state index contributed by atoms with van der Waals surface area (Å²) in [5.41, 5.74) is 3.52. The van der Waals surface area contributed by atoms with E-state index in [1.165, 1.54) is 23.0 Å². The molecule has 0 saturated heterocycles. The van der Waals surface area contributed by atoms with Gasteiger partial charge in [-0.05, 0) is 55.5 Å². The van der Waals surface area contributed by atoms with E-state index in [0.29, 0.717) is 35.0 Å². The predicted molar refractivity (Wildman–Crippen MR) is 109 cm³/mol. The number of fused-ring (bicyclic) bond motifs is 3. The van der Waals surface area contributed by atoms with Crippen molar-refractivity contribution in [1.29, 1.82) is 0 Å². The third kappa shape index (κ3) is 2.92. The summed E-state index contributed by atoms with van der Waals surface area (Å²) in [6, 6.07) is 7.98. The topological polar surface area (TPSA) is 93.5 Å². The van der Waals surface area contributed by atoms with Gasteiger partial charge in [-0.2, -0.15) is 4.68 Å². The zero-order valence-corrected chi connectivity index (χ0v) is 16.4. The lowest BCUT2D eigenvalue weighted by Gasteiger charge is -2.24. The first-order chi connectivity index (χ1) is 14.4. The summed E-state index contributed by atoms with van der Waals surface area (Å²) < 4.78 is 14.6. The monoisotopic (exact) mass is 403 g/mol. The molecule has 30 heavy (non-hydrogen) atoms. The van der Waals surface area contributed by atoms with E-state index in [1.807, 2.05) is 19.9 Å². The Kier molecular flexibility index (Phi) is 4.09. The van der Waals surface area contributed by atoms with Crippen molar-refractivity contribution in [3.05, 3.63) is 80.8 Å². The van der Waals surface area contributed by atoms with E-state index in [4.69, 9.17) is 0 Å². The number of aromatic nitrogens is 5. The van der Waals surface area contributed by atoms with E-state index in [0.717, 1.165) is 17.0 Å². The SMILES string of the molecule is Cc1cc(C)nc(-n2[nH]c3ncc4c(c3c2=O)CC(c2ccc(F)cc2)CC4=O)n1. The number of hydrogen-bond donors (Lipinski definition) is 1. The number of nitrogens with one attached hydrogen (secondary N) is 1. The van der Waals surface area contributed by atoms with Crippen LogP contribution in [-0.4, -0.2) is 30.5 Å². The normalized spacial score (nSPS) is 16.1. The third-order valence-corrected chi connectivity index (χ3v) is 5.52. The molecule has 8 heteroatoms. The molecule has 1 aliphatic rings. The van der Waals surface area contributed by atoms with Gasteiger partial charge in [0.05, 0.1) is 5.39 Å². The summed E-state index contributed by atoms with van der Waals surface area (Å²) in [5.74, 6) is -0.289. The number of ketones is 1. The van der Waals surface area contributed by atoms with Crippen molar-refractivity contribution in [2.24, 2.45) is 0 Å². The average molecular weight is 403 g/mol. The maximum Gasteiger partial charge on any atom is 0.283 e. The van der Waals surface area contributed by atoms with E-state index in [-0.39, 0.29) is 29.0 Å². The van der Waals surface area contributed by atoms with Crippen LogP contribution in [0.3, 0.4) is 0 Å². The Morgan fingerprint density at radius 3 is 2.47 bits per heavy atom. The fraction of sp³-hybridized carbons (Fsp3) is 0.227. The first kappa shape index (κ1) is 18.4. The molecule has 1 N–H and O–H groups in total. The van der Waals surface area contributed by atoms with Crippen LogP contribution in [0, 0.1) is 19.7 Å². The summed E-state index contributed by atoms with van der Waals surface area (Å²) in [6.45, 7) is 3.66. The lowest BCUT2D eigenvalue weighted by molar-refractivity contribution is 0.0964. The molecule has 0 fully saturated rings. The van der Waals surface area contributed by atoms with Crippen molar-refractivity contribution in [2.75, 3.05) is 0 Å². The molecular weight excluding hydrogens is 385 g/mol. The molecule has 0 saturated carbocycles. The maximum atomic E-state index is 13.3. The summed E-state index contributed by atoms with van der Waals surface area (Å²) in [5, 5.41) is 3.34. The number of benzene rings is 1. The number of H-pyrrole nitrogens is 1. The minimum atomic E-state index is -0.341. The van der Waals surface area contributed by atoms with Gasteiger partial charge in [-0.25, -0.2) is 19.3 Å². The molecule has 5 rings (SSSR count). The van der Waals surface area contributed by atoms with Crippen LogP contribution in [-0.2, 0) is 6.42 Å². The van der Waals surface area contributed by atoms with Gasteiger partial charge in [0.15, 0.2) is 11.4 Å². The summed E-state index contributed by atoms with van der Waals surface area (Å²) in [6.07, 6.45) is 2.31. The number of carbonyl (C=O) groups excluding carboxylic acids is 1. The van der Waals surface area contributed by atoms with Crippen LogP contribution in [0.2, 0.25) is 0 Å². The number of aromatic amines is 1. The quantitative estimate of drug-likeness (QED) is 0.555. The Morgan fingerprint density at radius 2 is 1.77 bits per heavy atom. The smallest absolute Gasteiger partial charge is 0.283 e. The van der Waals surface area contributed by atoms with Crippen LogP contribution in [0.25, 0.3) is 17.0 Å². The second-order valence-corrected chi connectivity index (χ2v) is 7.66. The van der Waals surface area contributed by atoms with Gasteiger partial charge >= 0.3 is 0 Å². The van der Waals surface area contributed by atoms with Gasteiger partial charge in [-0.1, -0.05) is 12.1 Å². The van der Waals surface area contributed by atoms with Crippen LogP contribution in [0.1, 0.15) is 45.2 Å². The predicted octanol–water partition coefficient (Wildman–Crippen LogP) is 3.17. The van der Waals surface area contributed by atoms with Crippen molar-refractivity contribution in [3.8, 4) is 5.95 Å². The van der Waals surface area contributed by atoms with Gasteiger partial charge in [-0.3, -0.25) is 14.7 Å². The molecular formula is C22H18FN5O2. The Balaban J connectivity index is 1.67. The van der Waals surface area contributed by atoms with Crippen LogP contribution in [0.4, 0.5) is 4.39 Å². The van der Waals surface area contributed by atoms with Gasteiger partial charge in [0, 0.05) is 29.6 Å². The summed E-state index contributed by atoms with van der Waals surface area (Å²) in [7, 11) is 0. The van der Waals surface area contributed by atoms with Crippen molar-refractivity contribution in [1.82, 2.24) is 24.7 Å². The molecule has 0 spiro atoms. The molecule has 0 amide bonds. The van der Waals surface area contributed by atoms with Gasteiger partial charge < -0.3 is 0 Å². The van der Waals surface area contributed by atoms with Gasteiger partial charge in [-0.15, -0.1) is 0 Å². The zero-order valence-electron chi connectivity index (χ0n) is 16.4. The molecule has 4 aromatic rings. The molecule has 1 atom stereocenters. The minimum absolute atomic E-state index is 0.0743. The van der Waals surface area contributed by atoms with Crippen molar-refractivity contribution in [3.63, 3.8) is 0 Å². The summed E-state index contributed by atoms with van der Waals surface area (Å²) >= 11 is 0. The molecule has 0 bridgehead atoms. The average Bonchev–Trinajstić information content (AvgIpc) is 3.05. The van der Waals surface area contributed by atoms with Crippen LogP contribution >= 0.6 is 0 Å². The standard InChI is InChI=1S/C22H18FN5O2/c1-11-7-12(2)26-22(25-11)28-21(30)19-16-8-14(13-3-5-15(23)6-4-13)9-18(29)17(16)10-24-20(19)27-28/h3-7,10,14H,8-9H2,1-2H3,(H,24,27). The van der Waals surface area contributed by atoms with E-state index >= 15 is 0 Å². The molecule has 3 aromatic heterocycles. The number of Topliss-reactive ketones (excluding diaryl/α,β-unsaturated/α-hetero) is 1. The Morgan fingerprint density at radius 1 is 1.07 bits per heavy atom. The molecule has 7 nitrogen and oxygen atoms in total. The van der Waals surface area contributed by atoms with Gasteiger partial charge in [0.25, 0.3) is 11.5 Å². The van der Waals surface area contributed by atoms with Crippen LogP contribution in [0.15, 0.2) is 41.3 Å². The number of pyridine rings is 1. The lowest BCUT2D eigenvalue weighted by Crippen LogP contribution is -2.22. The number of hydrogen-bond acceptors (Lipinski definition) is 5. The minimum Gasteiger partial charge on any atom is -0.294 e. The number of halogens is 1. The molecule has 1 aliphatic carbocycles. The van der Waals surface area contributed by atoms with E-state index in [9.17, 15) is 14.0 Å². The first-order valence-electron chi connectivity index (χ1n) is 9.64. The van der Waals surface area contributed by atoms with Gasteiger partial charge in [0.1, 0.15) is 5.82 Å². The van der Waals surface area contributed by atoms with Crippen LogP contribution in [0.5, 0.6) is 0 Å². The highest BCUT2D eigenvalue weighted by Crippen LogP contribution is 2.34. The Labute approximate surface area is 170 Å². The molecule has 150 valence electrons. The van der Waals surface area contributed by atoms with E-state index in [2.05, 4.69) is 20.1 Å². The highest BCUT2D eigenvalue weighted by atomic mass is 19.1. The zero-order chi connectivity index (χ0) is 21.0. The number of carbonyl (C=O) groups is 1. The van der Waals surface area contributed by atoms with E-state index < -0.39 is 0 Å². The largest absolute Gasteiger partial charge is 0.294 e. The third-order valence-electron chi connectivity index (χ3n) is 5.52. The fourth-order valence-electron chi connectivity index (χ4n) is 4.16. The van der Waals surface area contributed by atoms with Gasteiger partial charge in [0.2, 0.25) is 0 Å². The van der Waals surface area contributed by atoms with Crippen LogP contribution < -0.4 is 5.56 Å². The summed E-state index contributed by atoms with van der Waals surface area (Å²) in [4.78, 5) is 39.1.